The summed E-state index contributed by atoms with van der Waals surface area (Å²) in [4.78, 5) is 0. The Morgan fingerprint density at radius 1 is 1.30 bits per heavy atom. The Balaban J connectivity index is 0.000000810. The van der Waals surface area contributed by atoms with Crippen LogP contribution in [0.3, 0.4) is 0 Å². The standard InChI is InChI=1S/C9H11.Rh/c1-8(2)9-6-4-3-5-7-9;/h3-6,8H,1-2H3;/q-1;. The van der Waals surface area contributed by atoms with Crippen LogP contribution < -0.4 is 0 Å². The van der Waals surface area contributed by atoms with Crippen LogP contribution in [0.25, 0.3) is 0 Å². The molecule has 0 bridgehead atoms. The monoisotopic (exact) mass is 222 g/mol. The first kappa shape index (κ1) is 9.84. The van der Waals surface area contributed by atoms with Crippen LogP contribution in [-0.4, -0.2) is 0 Å². The molecule has 0 aliphatic rings. The summed E-state index contributed by atoms with van der Waals surface area (Å²) in [6.07, 6.45) is 0. The van der Waals surface area contributed by atoms with Crippen molar-refractivity contribution in [3.63, 3.8) is 0 Å². The van der Waals surface area contributed by atoms with Gasteiger partial charge in [0, 0.05) is 19.5 Å². The molecule has 0 heterocycles. The molecule has 0 atom stereocenters. The second kappa shape index (κ2) is 4.63. The minimum Gasteiger partial charge on any atom is -0.180 e. The summed E-state index contributed by atoms with van der Waals surface area (Å²) in [5.74, 6) is 0.603. The van der Waals surface area contributed by atoms with Crippen LogP contribution in [0.1, 0.15) is 25.3 Å². The molecule has 10 heavy (non-hydrogen) atoms. The topological polar surface area (TPSA) is 0 Å². The quantitative estimate of drug-likeness (QED) is 0.506. The molecule has 1 radical (unpaired) electrons. The van der Waals surface area contributed by atoms with E-state index in [1.54, 1.807) is 0 Å². The van der Waals surface area contributed by atoms with E-state index in [2.05, 4.69) is 26.0 Å². The van der Waals surface area contributed by atoms with Crippen LogP contribution in [-0.2, 0) is 19.5 Å². The Hall–Kier alpha value is -0.157. The summed E-state index contributed by atoms with van der Waals surface area (Å²) in [6.45, 7) is 4.34. The molecule has 0 saturated carbocycles. The van der Waals surface area contributed by atoms with Gasteiger partial charge in [0.25, 0.3) is 0 Å². The molecule has 0 saturated heterocycles. The Morgan fingerprint density at radius 2 is 2.00 bits per heavy atom. The van der Waals surface area contributed by atoms with E-state index in [4.69, 9.17) is 0 Å². The maximum absolute atomic E-state index is 3.17. The summed E-state index contributed by atoms with van der Waals surface area (Å²) in [5, 5.41) is 0. The van der Waals surface area contributed by atoms with Crippen molar-refractivity contribution < 1.29 is 19.5 Å². The Kier molecular flexibility index (Phi) is 4.55. The van der Waals surface area contributed by atoms with E-state index in [0.29, 0.717) is 5.92 Å². The molecule has 0 unspecified atom stereocenters. The SMILES string of the molecule is CC(C)c1[c-]cccc1.[Rh]. The van der Waals surface area contributed by atoms with E-state index in [1.165, 1.54) is 5.56 Å². The summed E-state index contributed by atoms with van der Waals surface area (Å²) >= 11 is 0. The average molecular weight is 222 g/mol. The van der Waals surface area contributed by atoms with Crippen molar-refractivity contribution in [1.82, 2.24) is 0 Å². The first-order chi connectivity index (χ1) is 4.30. The van der Waals surface area contributed by atoms with Gasteiger partial charge in [0.05, 0.1) is 0 Å². The Bertz CT molecular complexity index is 167. The van der Waals surface area contributed by atoms with Crippen molar-refractivity contribution in [3.8, 4) is 0 Å². The smallest absolute Gasteiger partial charge is 0 e. The van der Waals surface area contributed by atoms with Crippen LogP contribution in [0, 0.1) is 6.07 Å². The molecule has 0 aliphatic heterocycles. The number of hydrogen-bond donors (Lipinski definition) is 0. The summed E-state index contributed by atoms with van der Waals surface area (Å²) in [6, 6.07) is 11.3. The minimum atomic E-state index is 0. The first-order valence-corrected chi connectivity index (χ1v) is 3.27. The van der Waals surface area contributed by atoms with Gasteiger partial charge in [-0.05, 0) is 5.92 Å². The molecule has 1 aromatic rings. The van der Waals surface area contributed by atoms with Gasteiger partial charge < -0.3 is 0 Å². The van der Waals surface area contributed by atoms with Gasteiger partial charge in [0.15, 0.2) is 0 Å². The number of hydrogen-bond acceptors (Lipinski definition) is 0. The summed E-state index contributed by atoms with van der Waals surface area (Å²) < 4.78 is 0. The molecule has 1 aromatic carbocycles. The third-order valence-electron chi connectivity index (χ3n) is 1.36. The maximum Gasteiger partial charge on any atom is 0 e. The van der Waals surface area contributed by atoms with E-state index in [0.717, 1.165) is 0 Å². The molecule has 0 nitrogen and oxygen atoms in total. The summed E-state index contributed by atoms with van der Waals surface area (Å²) in [5.41, 5.74) is 1.29. The van der Waals surface area contributed by atoms with E-state index < -0.39 is 0 Å². The van der Waals surface area contributed by atoms with Crippen molar-refractivity contribution in [3.05, 3.63) is 35.9 Å². The van der Waals surface area contributed by atoms with Gasteiger partial charge >= 0.3 is 0 Å². The molecular formula is C9H11Rh-. The van der Waals surface area contributed by atoms with E-state index >= 15 is 0 Å². The second-order valence-electron chi connectivity index (χ2n) is 2.47. The van der Waals surface area contributed by atoms with Crippen molar-refractivity contribution in [2.45, 2.75) is 19.8 Å². The molecule has 57 valence electrons. The van der Waals surface area contributed by atoms with Gasteiger partial charge in [0.2, 0.25) is 0 Å². The van der Waals surface area contributed by atoms with Gasteiger partial charge in [-0.25, -0.2) is 0 Å². The van der Waals surface area contributed by atoms with Crippen molar-refractivity contribution in [2.75, 3.05) is 0 Å². The predicted molar refractivity (Wildman–Crippen MR) is 39.4 cm³/mol. The fraction of sp³-hybridized carbons (Fsp3) is 0.333. The van der Waals surface area contributed by atoms with Crippen LogP contribution >= 0.6 is 0 Å². The normalized spacial score (nSPS) is 9.10. The van der Waals surface area contributed by atoms with Crippen LogP contribution in [0.4, 0.5) is 0 Å². The molecule has 0 aromatic heterocycles. The molecular weight excluding hydrogens is 211 g/mol. The third-order valence-corrected chi connectivity index (χ3v) is 1.36. The maximum atomic E-state index is 3.17. The van der Waals surface area contributed by atoms with E-state index in [9.17, 15) is 0 Å². The number of benzene rings is 1. The van der Waals surface area contributed by atoms with Crippen LogP contribution in [0.15, 0.2) is 24.3 Å². The Labute approximate surface area is 75.4 Å². The van der Waals surface area contributed by atoms with Gasteiger partial charge in [-0.1, -0.05) is 13.8 Å². The van der Waals surface area contributed by atoms with Crippen LogP contribution in [0.5, 0.6) is 0 Å². The third kappa shape index (κ3) is 2.62. The van der Waals surface area contributed by atoms with Crippen molar-refractivity contribution in [1.29, 1.82) is 0 Å². The zero-order valence-corrected chi connectivity index (χ0v) is 7.86. The average Bonchev–Trinajstić information content (AvgIpc) is 1.90. The number of rotatable bonds is 1. The zero-order valence-electron chi connectivity index (χ0n) is 6.22. The van der Waals surface area contributed by atoms with Crippen LogP contribution in [0.2, 0.25) is 0 Å². The van der Waals surface area contributed by atoms with Crippen molar-refractivity contribution >= 4 is 0 Å². The molecule has 0 N–H and O–H groups in total. The molecule has 0 spiro atoms. The molecule has 0 aliphatic carbocycles. The van der Waals surface area contributed by atoms with Gasteiger partial charge in [0.1, 0.15) is 0 Å². The van der Waals surface area contributed by atoms with E-state index in [1.807, 2.05) is 18.2 Å². The molecule has 0 fully saturated rings. The largest absolute Gasteiger partial charge is 0.180 e. The van der Waals surface area contributed by atoms with Gasteiger partial charge in [-0.3, -0.25) is 0 Å². The Morgan fingerprint density at radius 3 is 2.30 bits per heavy atom. The fourth-order valence-corrected chi connectivity index (χ4v) is 0.766. The molecule has 1 rings (SSSR count). The predicted octanol–water partition coefficient (Wildman–Crippen LogP) is 2.61. The fourth-order valence-electron chi connectivity index (χ4n) is 0.766. The zero-order chi connectivity index (χ0) is 6.69. The molecule has 0 amide bonds. The van der Waals surface area contributed by atoms with Gasteiger partial charge in [-0.15, -0.1) is 0 Å². The second-order valence-corrected chi connectivity index (χ2v) is 2.47. The summed E-state index contributed by atoms with van der Waals surface area (Å²) in [7, 11) is 0. The van der Waals surface area contributed by atoms with Gasteiger partial charge in [-0.2, -0.15) is 35.9 Å². The van der Waals surface area contributed by atoms with Crippen molar-refractivity contribution in [2.24, 2.45) is 0 Å². The minimum absolute atomic E-state index is 0. The molecule has 1 heteroatoms. The first-order valence-electron chi connectivity index (χ1n) is 3.27. The van der Waals surface area contributed by atoms with E-state index in [-0.39, 0.29) is 19.5 Å².